The lowest BCUT2D eigenvalue weighted by molar-refractivity contribution is -0.137. The monoisotopic (exact) mass is 375 g/mol. The van der Waals surface area contributed by atoms with Crippen molar-refractivity contribution in [2.45, 2.75) is 96.8 Å². The van der Waals surface area contributed by atoms with Crippen LogP contribution in [0.5, 0.6) is 0 Å². The van der Waals surface area contributed by atoms with Gasteiger partial charge in [-0.3, -0.25) is 9.59 Å². The predicted molar refractivity (Wildman–Crippen MR) is 112 cm³/mol. The van der Waals surface area contributed by atoms with Crippen LogP contribution in [-0.2, 0) is 16.0 Å². The molecule has 1 aromatic carbocycles. The van der Waals surface area contributed by atoms with Crippen LogP contribution in [0.1, 0.15) is 96.0 Å². The van der Waals surface area contributed by atoms with E-state index >= 15 is 0 Å². The summed E-state index contributed by atoms with van der Waals surface area (Å²) in [6.45, 7) is 2.25. The van der Waals surface area contributed by atoms with E-state index in [0.717, 1.165) is 30.5 Å². The van der Waals surface area contributed by atoms with Gasteiger partial charge in [0.15, 0.2) is 0 Å². The second-order valence-corrected chi connectivity index (χ2v) is 7.42. The molecule has 0 aliphatic carbocycles. The van der Waals surface area contributed by atoms with Crippen LogP contribution in [-0.4, -0.2) is 17.0 Å². The van der Waals surface area contributed by atoms with Gasteiger partial charge in [0, 0.05) is 18.5 Å². The van der Waals surface area contributed by atoms with Crippen molar-refractivity contribution in [3.63, 3.8) is 0 Å². The van der Waals surface area contributed by atoms with Crippen molar-refractivity contribution in [2.24, 2.45) is 0 Å². The van der Waals surface area contributed by atoms with Crippen LogP contribution in [0.4, 0.5) is 5.69 Å². The maximum atomic E-state index is 12.0. The highest BCUT2D eigenvalue weighted by molar-refractivity contribution is 5.90. The minimum atomic E-state index is -0.758. The molecule has 1 rings (SSSR count). The average molecular weight is 376 g/mol. The van der Waals surface area contributed by atoms with E-state index in [4.69, 9.17) is 5.11 Å². The fourth-order valence-corrected chi connectivity index (χ4v) is 3.19. The number of anilines is 1. The molecule has 0 saturated carbocycles. The lowest BCUT2D eigenvalue weighted by atomic mass is 10.1. The van der Waals surface area contributed by atoms with E-state index in [2.05, 4.69) is 12.2 Å². The Labute approximate surface area is 164 Å². The first-order valence-corrected chi connectivity index (χ1v) is 10.7. The van der Waals surface area contributed by atoms with Crippen molar-refractivity contribution in [1.82, 2.24) is 0 Å². The number of carboxylic acids is 1. The van der Waals surface area contributed by atoms with Crippen molar-refractivity contribution >= 4 is 17.6 Å². The molecule has 1 amide bonds. The van der Waals surface area contributed by atoms with Crippen LogP contribution in [0.15, 0.2) is 24.3 Å². The Morgan fingerprint density at radius 2 is 1.33 bits per heavy atom. The van der Waals surface area contributed by atoms with Gasteiger partial charge in [0.05, 0.1) is 0 Å². The highest BCUT2D eigenvalue weighted by Crippen LogP contribution is 2.14. The van der Waals surface area contributed by atoms with Gasteiger partial charge in [-0.05, 0) is 37.0 Å². The third kappa shape index (κ3) is 13.0. The molecule has 0 radical (unpaired) electrons. The zero-order chi connectivity index (χ0) is 19.7. The fourth-order valence-electron chi connectivity index (χ4n) is 3.19. The molecule has 4 nitrogen and oxygen atoms in total. The summed E-state index contributed by atoms with van der Waals surface area (Å²) >= 11 is 0. The molecule has 0 aliphatic rings. The van der Waals surface area contributed by atoms with Gasteiger partial charge in [-0.2, -0.15) is 0 Å². The fraction of sp³-hybridized carbons (Fsp3) is 0.652. The molecule has 0 unspecified atom stereocenters. The first-order valence-electron chi connectivity index (χ1n) is 10.7. The molecule has 0 fully saturated rings. The second-order valence-electron chi connectivity index (χ2n) is 7.42. The molecule has 1 aromatic rings. The lowest BCUT2D eigenvalue weighted by Gasteiger charge is -2.07. The molecular weight excluding hydrogens is 338 g/mol. The van der Waals surface area contributed by atoms with Gasteiger partial charge in [0.25, 0.3) is 0 Å². The number of nitrogens with one attached hydrogen (secondary N) is 1. The summed E-state index contributed by atoms with van der Waals surface area (Å²) in [7, 11) is 0. The van der Waals surface area contributed by atoms with E-state index in [1.54, 1.807) is 0 Å². The topological polar surface area (TPSA) is 66.4 Å². The summed E-state index contributed by atoms with van der Waals surface area (Å²) in [4.78, 5) is 22.5. The normalized spacial score (nSPS) is 10.7. The van der Waals surface area contributed by atoms with Gasteiger partial charge in [0.2, 0.25) is 5.91 Å². The Morgan fingerprint density at radius 3 is 1.89 bits per heavy atom. The Bertz CT molecular complexity index is 525. The molecule has 4 heteroatoms. The third-order valence-corrected chi connectivity index (χ3v) is 4.85. The molecule has 0 aliphatic heterocycles. The van der Waals surface area contributed by atoms with Gasteiger partial charge in [-0.15, -0.1) is 0 Å². The SMILES string of the molecule is CCCCCCCCCCCCC(=O)Nc1ccc(CCCC(=O)O)cc1. The van der Waals surface area contributed by atoms with E-state index in [0.29, 0.717) is 12.8 Å². The third-order valence-electron chi connectivity index (χ3n) is 4.85. The van der Waals surface area contributed by atoms with E-state index in [-0.39, 0.29) is 12.3 Å². The van der Waals surface area contributed by atoms with Crippen molar-refractivity contribution in [3.8, 4) is 0 Å². The molecule has 0 spiro atoms. The minimum Gasteiger partial charge on any atom is -0.481 e. The summed E-state index contributed by atoms with van der Waals surface area (Å²) in [5, 5.41) is 11.6. The molecule has 152 valence electrons. The van der Waals surface area contributed by atoms with Crippen LogP contribution >= 0.6 is 0 Å². The minimum absolute atomic E-state index is 0.0770. The molecule has 0 atom stereocenters. The van der Waals surface area contributed by atoms with Crippen molar-refractivity contribution in [3.05, 3.63) is 29.8 Å². The van der Waals surface area contributed by atoms with E-state index in [1.807, 2.05) is 24.3 Å². The van der Waals surface area contributed by atoms with Gasteiger partial charge < -0.3 is 10.4 Å². The number of carboxylic acid groups (broad SMARTS) is 1. The van der Waals surface area contributed by atoms with Crippen LogP contribution in [0.25, 0.3) is 0 Å². The first kappa shape index (κ1) is 23.2. The van der Waals surface area contributed by atoms with E-state index in [1.165, 1.54) is 51.4 Å². The molecule has 0 heterocycles. The Morgan fingerprint density at radius 1 is 0.778 bits per heavy atom. The average Bonchev–Trinajstić information content (AvgIpc) is 2.64. The van der Waals surface area contributed by atoms with Crippen LogP contribution in [0, 0.1) is 0 Å². The number of unbranched alkanes of at least 4 members (excludes halogenated alkanes) is 9. The molecule has 0 aromatic heterocycles. The van der Waals surface area contributed by atoms with Crippen molar-refractivity contribution in [2.75, 3.05) is 5.32 Å². The lowest BCUT2D eigenvalue weighted by Crippen LogP contribution is -2.11. The number of amides is 1. The van der Waals surface area contributed by atoms with Gasteiger partial charge in [-0.1, -0.05) is 76.8 Å². The summed E-state index contributed by atoms with van der Waals surface area (Å²) in [6.07, 6.45) is 14.9. The van der Waals surface area contributed by atoms with Crippen molar-refractivity contribution < 1.29 is 14.7 Å². The number of carbonyl (C=O) groups excluding carboxylic acids is 1. The zero-order valence-electron chi connectivity index (χ0n) is 17.0. The number of benzene rings is 1. The predicted octanol–water partition coefficient (Wildman–Crippen LogP) is 6.34. The highest BCUT2D eigenvalue weighted by Gasteiger charge is 2.03. The first-order chi connectivity index (χ1) is 13.1. The standard InChI is InChI=1S/C23H37NO3/c1-2-3-4-5-6-7-8-9-10-11-14-22(25)24-21-18-16-20(17-19-21)13-12-15-23(26)27/h16-19H,2-15H2,1H3,(H,24,25)(H,26,27). The second kappa shape index (κ2) is 15.2. The Balaban J connectivity index is 2.05. The number of hydrogen-bond donors (Lipinski definition) is 2. The van der Waals surface area contributed by atoms with Crippen LogP contribution in [0.2, 0.25) is 0 Å². The number of aryl methyl sites for hydroxylation is 1. The Hall–Kier alpha value is -1.84. The quantitative estimate of drug-likeness (QED) is 0.331. The summed E-state index contributed by atoms with van der Waals surface area (Å²) in [5.74, 6) is -0.681. The summed E-state index contributed by atoms with van der Waals surface area (Å²) in [6, 6.07) is 7.70. The molecule has 0 saturated heterocycles. The zero-order valence-corrected chi connectivity index (χ0v) is 17.0. The summed E-state index contributed by atoms with van der Waals surface area (Å²) in [5.41, 5.74) is 1.91. The van der Waals surface area contributed by atoms with Crippen LogP contribution in [0.3, 0.4) is 0 Å². The molecule has 0 bridgehead atoms. The summed E-state index contributed by atoms with van der Waals surface area (Å²) < 4.78 is 0. The molecule has 2 N–H and O–H groups in total. The number of hydrogen-bond acceptors (Lipinski definition) is 2. The maximum absolute atomic E-state index is 12.0. The van der Waals surface area contributed by atoms with Crippen molar-refractivity contribution in [1.29, 1.82) is 0 Å². The van der Waals surface area contributed by atoms with Gasteiger partial charge in [0.1, 0.15) is 0 Å². The van der Waals surface area contributed by atoms with E-state index in [9.17, 15) is 9.59 Å². The molecule has 27 heavy (non-hydrogen) atoms. The number of carbonyl (C=O) groups is 2. The van der Waals surface area contributed by atoms with Gasteiger partial charge >= 0.3 is 5.97 Å². The van der Waals surface area contributed by atoms with Crippen LogP contribution < -0.4 is 5.32 Å². The number of aliphatic carboxylic acids is 1. The maximum Gasteiger partial charge on any atom is 0.303 e. The van der Waals surface area contributed by atoms with E-state index < -0.39 is 5.97 Å². The number of rotatable bonds is 16. The highest BCUT2D eigenvalue weighted by atomic mass is 16.4. The Kier molecular flexibility index (Phi) is 13.1. The smallest absolute Gasteiger partial charge is 0.303 e. The largest absolute Gasteiger partial charge is 0.481 e. The van der Waals surface area contributed by atoms with Gasteiger partial charge in [-0.25, -0.2) is 0 Å². The molecular formula is C23H37NO3.